The number of carbonyl (C=O) groups is 1. The van der Waals surface area contributed by atoms with Gasteiger partial charge < -0.3 is 14.8 Å². The normalized spacial score (nSPS) is 10.1. The number of aromatic nitrogens is 2. The molecule has 0 spiro atoms. The summed E-state index contributed by atoms with van der Waals surface area (Å²) in [7, 11) is 0. The molecule has 0 bridgehead atoms. The predicted molar refractivity (Wildman–Crippen MR) is 94.2 cm³/mol. The quantitative estimate of drug-likeness (QED) is 0.681. The van der Waals surface area contributed by atoms with E-state index in [0.29, 0.717) is 18.2 Å². The van der Waals surface area contributed by atoms with Gasteiger partial charge in [0.2, 0.25) is 0 Å². The molecule has 0 unspecified atom stereocenters. The van der Waals surface area contributed by atoms with Crippen molar-refractivity contribution in [2.24, 2.45) is 0 Å². The van der Waals surface area contributed by atoms with Gasteiger partial charge in [0.15, 0.2) is 5.69 Å². The molecule has 3 aromatic rings. The lowest BCUT2D eigenvalue weighted by molar-refractivity contribution is 0.0519. The summed E-state index contributed by atoms with van der Waals surface area (Å²) < 4.78 is 10.7. The van der Waals surface area contributed by atoms with Crippen LogP contribution in [-0.4, -0.2) is 22.5 Å². The van der Waals surface area contributed by atoms with Crippen LogP contribution in [0.5, 0.6) is 11.5 Å². The SMILES string of the molecule is CCOC(=O)c1cnc(Nc2cccc(Oc3ccccc3)c2)cn1. The van der Waals surface area contributed by atoms with Gasteiger partial charge in [0, 0.05) is 11.8 Å². The molecule has 6 heteroatoms. The molecule has 2 aromatic carbocycles. The number of nitrogens with one attached hydrogen (secondary N) is 1. The third-order valence-corrected chi connectivity index (χ3v) is 3.22. The number of para-hydroxylation sites is 1. The number of nitrogens with zero attached hydrogens (tertiary/aromatic N) is 2. The van der Waals surface area contributed by atoms with E-state index in [1.807, 2.05) is 54.6 Å². The molecule has 1 N–H and O–H groups in total. The van der Waals surface area contributed by atoms with Gasteiger partial charge in [0.1, 0.15) is 17.3 Å². The summed E-state index contributed by atoms with van der Waals surface area (Å²) in [5.74, 6) is 1.50. The summed E-state index contributed by atoms with van der Waals surface area (Å²) in [6.07, 6.45) is 2.86. The highest BCUT2D eigenvalue weighted by molar-refractivity contribution is 5.86. The van der Waals surface area contributed by atoms with Crippen LogP contribution < -0.4 is 10.1 Å². The summed E-state index contributed by atoms with van der Waals surface area (Å²) in [6, 6.07) is 17.0. The highest BCUT2D eigenvalue weighted by Gasteiger charge is 2.08. The lowest BCUT2D eigenvalue weighted by atomic mass is 10.3. The molecule has 126 valence electrons. The first-order valence-electron chi connectivity index (χ1n) is 7.84. The number of benzene rings is 2. The molecule has 25 heavy (non-hydrogen) atoms. The minimum absolute atomic E-state index is 0.175. The van der Waals surface area contributed by atoms with Crippen LogP contribution in [0.15, 0.2) is 67.0 Å². The van der Waals surface area contributed by atoms with E-state index in [4.69, 9.17) is 9.47 Å². The Balaban J connectivity index is 1.68. The Kier molecular flexibility index (Phi) is 5.21. The topological polar surface area (TPSA) is 73.3 Å². The van der Waals surface area contributed by atoms with Crippen molar-refractivity contribution in [1.82, 2.24) is 9.97 Å². The number of hydrogen-bond acceptors (Lipinski definition) is 6. The van der Waals surface area contributed by atoms with Crippen LogP contribution in [0, 0.1) is 0 Å². The molecule has 1 heterocycles. The number of rotatable bonds is 6. The van der Waals surface area contributed by atoms with Crippen molar-refractivity contribution < 1.29 is 14.3 Å². The summed E-state index contributed by atoms with van der Waals surface area (Å²) in [5.41, 5.74) is 0.972. The first-order valence-corrected chi connectivity index (χ1v) is 7.84. The third kappa shape index (κ3) is 4.54. The van der Waals surface area contributed by atoms with Crippen molar-refractivity contribution in [2.75, 3.05) is 11.9 Å². The molecule has 0 atom stereocenters. The van der Waals surface area contributed by atoms with E-state index in [-0.39, 0.29) is 5.69 Å². The van der Waals surface area contributed by atoms with Crippen LogP contribution in [0.25, 0.3) is 0 Å². The third-order valence-electron chi connectivity index (χ3n) is 3.22. The number of anilines is 2. The Morgan fingerprint density at radius 3 is 2.52 bits per heavy atom. The van der Waals surface area contributed by atoms with E-state index in [2.05, 4.69) is 15.3 Å². The van der Waals surface area contributed by atoms with Crippen LogP contribution in [0.1, 0.15) is 17.4 Å². The van der Waals surface area contributed by atoms with Gasteiger partial charge in [-0.1, -0.05) is 24.3 Å². The number of carbonyl (C=O) groups excluding carboxylic acids is 1. The van der Waals surface area contributed by atoms with Crippen molar-refractivity contribution in [3.63, 3.8) is 0 Å². The summed E-state index contributed by atoms with van der Waals surface area (Å²) in [4.78, 5) is 19.8. The molecular formula is C19H17N3O3. The number of hydrogen-bond donors (Lipinski definition) is 1. The first kappa shape index (κ1) is 16.4. The van der Waals surface area contributed by atoms with Crippen molar-refractivity contribution >= 4 is 17.5 Å². The fraction of sp³-hybridized carbons (Fsp3) is 0.105. The lowest BCUT2D eigenvalue weighted by Crippen LogP contribution is -2.08. The van der Waals surface area contributed by atoms with Crippen LogP contribution in [0.4, 0.5) is 11.5 Å². The monoisotopic (exact) mass is 335 g/mol. The summed E-state index contributed by atoms with van der Waals surface area (Å²) in [5, 5.41) is 3.12. The zero-order valence-corrected chi connectivity index (χ0v) is 13.7. The predicted octanol–water partition coefficient (Wildman–Crippen LogP) is 4.19. The van der Waals surface area contributed by atoms with Crippen molar-refractivity contribution in [3.05, 3.63) is 72.7 Å². The maximum atomic E-state index is 11.6. The van der Waals surface area contributed by atoms with Gasteiger partial charge in [-0.15, -0.1) is 0 Å². The Morgan fingerprint density at radius 2 is 1.80 bits per heavy atom. The van der Waals surface area contributed by atoms with E-state index < -0.39 is 5.97 Å². The van der Waals surface area contributed by atoms with E-state index in [9.17, 15) is 4.79 Å². The maximum absolute atomic E-state index is 11.6. The minimum atomic E-state index is -0.486. The van der Waals surface area contributed by atoms with E-state index in [0.717, 1.165) is 11.4 Å². The average molecular weight is 335 g/mol. The molecule has 1 aromatic heterocycles. The molecule has 0 aliphatic rings. The van der Waals surface area contributed by atoms with Crippen LogP contribution in [0.3, 0.4) is 0 Å². The molecule has 0 saturated heterocycles. The number of ether oxygens (including phenoxy) is 2. The molecule has 3 rings (SSSR count). The van der Waals surface area contributed by atoms with Crippen molar-refractivity contribution in [2.45, 2.75) is 6.92 Å². The second-order valence-electron chi connectivity index (χ2n) is 5.08. The zero-order valence-electron chi connectivity index (χ0n) is 13.7. The summed E-state index contributed by atoms with van der Waals surface area (Å²) in [6.45, 7) is 2.04. The molecular weight excluding hydrogens is 318 g/mol. The van der Waals surface area contributed by atoms with Crippen LogP contribution >= 0.6 is 0 Å². The van der Waals surface area contributed by atoms with Crippen LogP contribution in [0.2, 0.25) is 0 Å². The Labute approximate surface area is 145 Å². The van der Waals surface area contributed by atoms with E-state index in [1.165, 1.54) is 12.4 Å². The second kappa shape index (κ2) is 7.92. The van der Waals surface area contributed by atoms with Gasteiger partial charge in [-0.3, -0.25) is 0 Å². The fourth-order valence-corrected chi connectivity index (χ4v) is 2.11. The van der Waals surface area contributed by atoms with Gasteiger partial charge >= 0.3 is 5.97 Å². The Bertz CT molecular complexity index is 836. The molecule has 0 fully saturated rings. The lowest BCUT2D eigenvalue weighted by Gasteiger charge is -2.09. The zero-order chi connectivity index (χ0) is 17.5. The minimum Gasteiger partial charge on any atom is -0.461 e. The smallest absolute Gasteiger partial charge is 0.358 e. The van der Waals surface area contributed by atoms with Crippen molar-refractivity contribution in [1.29, 1.82) is 0 Å². The standard InChI is InChI=1S/C19H17N3O3/c1-2-24-19(23)17-12-21-18(13-20-17)22-14-7-6-10-16(11-14)25-15-8-4-3-5-9-15/h3-13H,2H2,1H3,(H,21,22). The van der Waals surface area contributed by atoms with Gasteiger partial charge in [-0.2, -0.15) is 0 Å². The Hall–Kier alpha value is -3.41. The fourth-order valence-electron chi connectivity index (χ4n) is 2.11. The largest absolute Gasteiger partial charge is 0.461 e. The molecule has 0 amide bonds. The highest BCUT2D eigenvalue weighted by atomic mass is 16.5. The summed E-state index contributed by atoms with van der Waals surface area (Å²) >= 11 is 0. The van der Waals surface area contributed by atoms with Gasteiger partial charge in [0.25, 0.3) is 0 Å². The van der Waals surface area contributed by atoms with E-state index >= 15 is 0 Å². The highest BCUT2D eigenvalue weighted by Crippen LogP contribution is 2.25. The van der Waals surface area contributed by atoms with E-state index in [1.54, 1.807) is 6.92 Å². The molecule has 0 aliphatic carbocycles. The van der Waals surface area contributed by atoms with Gasteiger partial charge in [-0.25, -0.2) is 14.8 Å². The second-order valence-corrected chi connectivity index (χ2v) is 5.08. The first-order chi connectivity index (χ1) is 12.2. The average Bonchev–Trinajstić information content (AvgIpc) is 2.64. The molecule has 6 nitrogen and oxygen atoms in total. The molecule has 0 radical (unpaired) electrons. The Morgan fingerprint density at radius 1 is 1.00 bits per heavy atom. The molecule has 0 saturated carbocycles. The van der Waals surface area contributed by atoms with Gasteiger partial charge in [-0.05, 0) is 31.2 Å². The molecule has 0 aliphatic heterocycles. The number of esters is 1. The maximum Gasteiger partial charge on any atom is 0.358 e. The van der Waals surface area contributed by atoms with Crippen molar-refractivity contribution in [3.8, 4) is 11.5 Å². The van der Waals surface area contributed by atoms with Crippen LogP contribution in [-0.2, 0) is 4.74 Å². The van der Waals surface area contributed by atoms with Gasteiger partial charge in [0.05, 0.1) is 19.0 Å².